The maximum Gasteiger partial charge on any atom is 0.573 e. The highest BCUT2D eigenvalue weighted by atomic mass is 32.2. The number of sulfone groups is 1. The molecule has 0 bridgehead atoms. The number of anilines is 1. The second kappa shape index (κ2) is 7.58. The molecule has 2 atom stereocenters. The van der Waals surface area contributed by atoms with Gasteiger partial charge in [0.15, 0.2) is 15.0 Å². The highest BCUT2D eigenvalue weighted by molar-refractivity contribution is 8.16. The van der Waals surface area contributed by atoms with Gasteiger partial charge in [-0.15, -0.1) is 13.2 Å². The molecule has 1 aromatic carbocycles. The lowest BCUT2D eigenvalue weighted by Crippen LogP contribution is -2.37. The number of thioether (sulfide) groups is 1. The summed E-state index contributed by atoms with van der Waals surface area (Å²) in [4.78, 5) is 17.9. The van der Waals surface area contributed by atoms with Gasteiger partial charge in [-0.25, -0.2) is 8.42 Å². The minimum absolute atomic E-state index is 0.0223. The van der Waals surface area contributed by atoms with Gasteiger partial charge in [0.1, 0.15) is 5.75 Å². The third kappa shape index (κ3) is 4.99. The van der Waals surface area contributed by atoms with E-state index in [-0.39, 0.29) is 40.8 Å². The molecule has 2 aliphatic rings. The summed E-state index contributed by atoms with van der Waals surface area (Å²) in [5.41, 5.74) is 0.461. The second-order valence-electron chi connectivity index (χ2n) is 7.10. The monoisotopic (exact) mass is 436 g/mol. The minimum Gasteiger partial charge on any atom is -0.406 e. The van der Waals surface area contributed by atoms with Crippen LogP contribution in [0.1, 0.15) is 20.3 Å². The first-order valence-electron chi connectivity index (χ1n) is 8.57. The molecule has 3 rings (SSSR count). The van der Waals surface area contributed by atoms with Crippen molar-refractivity contribution < 1.29 is 31.1 Å². The number of rotatable bonds is 4. The SMILES string of the molecule is CC(C)CC(=O)N=C1S[C@H]2CS(=O)(=O)C[C@H]2N1c1ccc(OC(F)(F)F)cc1. The highest BCUT2D eigenvalue weighted by Crippen LogP contribution is 2.41. The summed E-state index contributed by atoms with van der Waals surface area (Å²) in [6, 6.07) is 4.68. The van der Waals surface area contributed by atoms with Crippen LogP contribution in [0.3, 0.4) is 0 Å². The number of hydrogen-bond donors (Lipinski definition) is 0. The summed E-state index contributed by atoms with van der Waals surface area (Å²) in [7, 11) is -3.23. The molecule has 28 heavy (non-hydrogen) atoms. The van der Waals surface area contributed by atoms with E-state index in [1.54, 1.807) is 4.90 Å². The molecule has 0 saturated carbocycles. The number of benzene rings is 1. The van der Waals surface area contributed by atoms with Gasteiger partial charge in [0.2, 0.25) is 5.91 Å². The highest BCUT2D eigenvalue weighted by Gasteiger charge is 2.49. The second-order valence-corrected chi connectivity index (χ2v) is 10.5. The van der Waals surface area contributed by atoms with Crippen LogP contribution >= 0.6 is 11.8 Å². The molecule has 2 heterocycles. The van der Waals surface area contributed by atoms with Crippen LogP contribution in [0.25, 0.3) is 0 Å². The third-order valence-electron chi connectivity index (χ3n) is 4.22. The Morgan fingerprint density at radius 1 is 1.29 bits per heavy atom. The molecule has 11 heteroatoms. The number of alkyl halides is 3. The Labute approximate surface area is 165 Å². The van der Waals surface area contributed by atoms with Crippen molar-refractivity contribution in [2.45, 2.75) is 37.9 Å². The third-order valence-corrected chi connectivity index (χ3v) is 7.43. The predicted octanol–water partition coefficient (Wildman–Crippen LogP) is 3.23. The van der Waals surface area contributed by atoms with Crippen molar-refractivity contribution in [1.82, 2.24) is 0 Å². The number of hydrogen-bond acceptors (Lipinski definition) is 5. The van der Waals surface area contributed by atoms with Gasteiger partial charge in [-0.1, -0.05) is 25.6 Å². The van der Waals surface area contributed by atoms with Crippen LogP contribution in [0.5, 0.6) is 5.75 Å². The Balaban J connectivity index is 1.90. The number of amidine groups is 1. The molecule has 0 radical (unpaired) electrons. The van der Waals surface area contributed by atoms with Crippen LogP contribution in [0.4, 0.5) is 18.9 Å². The molecule has 154 valence electrons. The number of nitrogens with zero attached hydrogens (tertiary/aromatic N) is 2. The lowest BCUT2D eigenvalue weighted by atomic mass is 10.1. The lowest BCUT2D eigenvalue weighted by molar-refractivity contribution is -0.274. The molecule has 2 fully saturated rings. The van der Waals surface area contributed by atoms with Crippen molar-refractivity contribution >= 4 is 38.4 Å². The molecule has 6 nitrogen and oxygen atoms in total. The Morgan fingerprint density at radius 3 is 2.50 bits per heavy atom. The quantitative estimate of drug-likeness (QED) is 0.721. The largest absolute Gasteiger partial charge is 0.573 e. The van der Waals surface area contributed by atoms with Crippen molar-refractivity contribution in [1.29, 1.82) is 0 Å². The van der Waals surface area contributed by atoms with Gasteiger partial charge in [-0.05, 0) is 30.2 Å². The molecule has 1 aromatic rings. The van der Waals surface area contributed by atoms with E-state index in [0.717, 1.165) is 12.1 Å². The van der Waals surface area contributed by atoms with Crippen molar-refractivity contribution in [3.8, 4) is 5.75 Å². The van der Waals surface area contributed by atoms with Crippen LogP contribution in [0, 0.1) is 5.92 Å². The summed E-state index contributed by atoms with van der Waals surface area (Å²) in [5.74, 6) is -0.695. The van der Waals surface area contributed by atoms with Gasteiger partial charge < -0.3 is 9.64 Å². The fourth-order valence-corrected chi connectivity index (χ4v) is 7.11. The Hall–Kier alpha value is -1.75. The summed E-state index contributed by atoms with van der Waals surface area (Å²) >= 11 is 1.22. The van der Waals surface area contributed by atoms with Crippen LogP contribution in [-0.4, -0.2) is 48.7 Å². The maximum absolute atomic E-state index is 12.4. The van der Waals surface area contributed by atoms with Gasteiger partial charge in [0.25, 0.3) is 0 Å². The Kier molecular flexibility index (Phi) is 5.68. The van der Waals surface area contributed by atoms with Crippen molar-refractivity contribution in [3.05, 3.63) is 24.3 Å². The van der Waals surface area contributed by atoms with E-state index in [4.69, 9.17) is 0 Å². The number of amides is 1. The maximum atomic E-state index is 12.4. The normalized spacial score (nSPS) is 25.4. The van der Waals surface area contributed by atoms with Gasteiger partial charge in [-0.2, -0.15) is 4.99 Å². The lowest BCUT2D eigenvalue weighted by Gasteiger charge is -2.24. The number of halogens is 3. The van der Waals surface area contributed by atoms with E-state index in [9.17, 15) is 26.4 Å². The Morgan fingerprint density at radius 2 is 1.93 bits per heavy atom. The fraction of sp³-hybridized carbons (Fsp3) is 0.529. The zero-order valence-electron chi connectivity index (χ0n) is 15.1. The van der Waals surface area contributed by atoms with Crippen LogP contribution in [0.15, 0.2) is 29.3 Å². The van der Waals surface area contributed by atoms with Crippen LogP contribution < -0.4 is 9.64 Å². The zero-order valence-corrected chi connectivity index (χ0v) is 16.8. The topological polar surface area (TPSA) is 76.0 Å². The molecule has 0 aromatic heterocycles. The smallest absolute Gasteiger partial charge is 0.406 e. The van der Waals surface area contributed by atoms with E-state index < -0.39 is 22.2 Å². The first-order chi connectivity index (χ1) is 12.9. The molecule has 1 amide bonds. The first-order valence-corrected chi connectivity index (χ1v) is 11.3. The molecule has 2 saturated heterocycles. The van der Waals surface area contributed by atoms with Crippen molar-refractivity contribution in [3.63, 3.8) is 0 Å². The van der Waals surface area contributed by atoms with Gasteiger partial charge in [0, 0.05) is 17.4 Å². The van der Waals surface area contributed by atoms with E-state index in [2.05, 4.69) is 9.73 Å². The number of aliphatic imine (C=N–C) groups is 1. The zero-order chi connectivity index (χ0) is 20.7. The number of fused-ring (bicyclic) bond motifs is 1. The van der Waals surface area contributed by atoms with E-state index in [0.29, 0.717) is 10.9 Å². The average molecular weight is 436 g/mol. The molecule has 0 spiro atoms. The van der Waals surface area contributed by atoms with E-state index in [1.807, 2.05) is 13.8 Å². The number of carbonyl (C=O) groups excluding carboxylic acids is 1. The molecule has 0 unspecified atom stereocenters. The van der Waals surface area contributed by atoms with Crippen molar-refractivity contribution in [2.24, 2.45) is 10.9 Å². The van der Waals surface area contributed by atoms with E-state index in [1.165, 1.54) is 23.9 Å². The molecule has 0 N–H and O–H groups in total. The van der Waals surface area contributed by atoms with Crippen LogP contribution in [0.2, 0.25) is 0 Å². The summed E-state index contributed by atoms with van der Waals surface area (Å²) in [6.07, 6.45) is -4.55. The summed E-state index contributed by atoms with van der Waals surface area (Å²) in [5, 5.41) is 0.0988. The van der Waals surface area contributed by atoms with E-state index >= 15 is 0 Å². The average Bonchev–Trinajstić information content (AvgIpc) is 2.96. The van der Waals surface area contributed by atoms with Crippen LogP contribution in [-0.2, 0) is 14.6 Å². The summed E-state index contributed by atoms with van der Waals surface area (Å²) < 4.78 is 65.0. The van der Waals surface area contributed by atoms with Gasteiger partial charge >= 0.3 is 6.36 Å². The number of ether oxygens (including phenoxy) is 1. The molecule has 0 aliphatic carbocycles. The van der Waals surface area contributed by atoms with Crippen molar-refractivity contribution in [2.75, 3.05) is 16.4 Å². The van der Waals surface area contributed by atoms with Gasteiger partial charge in [-0.3, -0.25) is 4.79 Å². The minimum atomic E-state index is -4.80. The molecular formula is C17H19F3N2O4S2. The number of carbonyl (C=O) groups is 1. The molecular weight excluding hydrogens is 417 g/mol. The molecule has 2 aliphatic heterocycles. The standard InChI is InChI=1S/C17H19F3N2O4S2/c1-10(2)7-15(23)21-16-22(13-8-28(24,25)9-14(13)27-16)11-3-5-12(6-4-11)26-17(18,19)20/h3-6,10,13-14H,7-9H2,1-2H3/t13-,14+/m1/s1. The first kappa shape index (κ1) is 21.0. The fourth-order valence-electron chi connectivity index (χ4n) is 3.18. The summed E-state index contributed by atoms with van der Waals surface area (Å²) in [6.45, 7) is 3.77. The van der Waals surface area contributed by atoms with Gasteiger partial charge in [0.05, 0.1) is 17.5 Å². The predicted molar refractivity (Wildman–Crippen MR) is 101 cm³/mol. The Bertz CT molecular complexity index is 883.